The lowest BCUT2D eigenvalue weighted by Gasteiger charge is -2.25. The maximum atomic E-state index is 12.5. The standard InChI is InChI=1S/C19H29NO6/c1-5-25-16-7-9-17(10-8-16)26-14-18(21)20(11-6-12-23-3)13-15(2)19(22)24-4/h7-10,15H,5-6,11-14H2,1-4H3. The number of carbonyl (C=O) groups is 2. The molecule has 0 spiro atoms. The highest BCUT2D eigenvalue weighted by atomic mass is 16.5. The molecule has 1 unspecified atom stereocenters. The van der Waals surface area contributed by atoms with Crippen molar-refractivity contribution in [3.05, 3.63) is 24.3 Å². The largest absolute Gasteiger partial charge is 0.494 e. The van der Waals surface area contributed by atoms with Gasteiger partial charge in [-0.1, -0.05) is 6.92 Å². The van der Waals surface area contributed by atoms with E-state index in [1.807, 2.05) is 6.92 Å². The highest BCUT2D eigenvalue weighted by Crippen LogP contribution is 2.17. The molecule has 0 N–H and O–H groups in total. The summed E-state index contributed by atoms with van der Waals surface area (Å²) in [6, 6.07) is 7.09. The predicted molar refractivity (Wildman–Crippen MR) is 97.4 cm³/mol. The second-order valence-electron chi connectivity index (χ2n) is 5.80. The fourth-order valence-corrected chi connectivity index (χ4v) is 2.36. The summed E-state index contributed by atoms with van der Waals surface area (Å²) in [7, 11) is 2.95. The molecule has 1 amide bonds. The lowest BCUT2D eigenvalue weighted by molar-refractivity contribution is -0.146. The van der Waals surface area contributed by atoms with Gasteiger partial charge >= 0.3 is 5.97 Å². The lowest BCUT2D eigenvalue weighted by atomic mass is 10.1. The van der Waals surface area contributed by atoms with Crippen LogP contribution >= 0.6 is 0 Å². The van der Waals surface area contributed by atoms with E-state index in [0.29, 0.717) is 31.9 Å². The van der Waals surface area contributed by atoms with Crippen LogP contribution in [0.4, 0.5) is 0 Å². The molecule has 0 aliphatic carbocycles. The summed E-state index contributed by atoms with van der Waals surface area (Å²) in [4.78, 5) is 25.8. The van der Waals surface area contributed by atoms with Gasteiger partial charge in [0.2, 0.25) is 0 Å². The van der Waals surface area contributed by atoms with Gasteiger partial charge in [-0.15, -0.1) is 0 Å². The van der Waals surface area contributed by atoms with E-state index in [1.54, 1.807) is 43.2 Å². The van der Waals surface area contributed by atoms with E-state index >= 15 is 0 Å². The molecule has 0 fully saturated rings. The Morgan fingerprint density at radius 2 is 1.69 bits per heavy atom. The third kappa shape index (κ3) is 7.74. The van der Waals surface area contributed by atoms with E-state index in [9.17, 15) is 9.59 Å². The molecule has 0 bridgehead atoms. The van der Waals surface area contributed by atoms with Gasteiger partial charge in [-0.2, -0.15) is 0 Å². The number of hydrogen-bond acceptors (Lipinski definition) is 6. The number of benzene rings is 1. The fourth-order valence-electron chi connectivity index (χ4n) is 2.36. The second kappa shape index (κ2) is 12.1. The first-order valence-electron chi connectivity index (χ1n) is 8.72. The summed E-state index contributed by atoms with van der Waals surface area (Å²) in [5, 5.41) is 0. The van der Waals surface area contributed by atoms with Crippen molar-refractivity contribution in [1.82, 2.24) is 4.90 Å². The molecule has 0 aromatic heterocycles. The van der Waals surface area contributed by atoms with Crippen molar-refractivity contribution in [1.29, 1.82) is 0 Å². The van der Waals surface area contributed by atoms with Crippen LogP contribution in [-0.2, 0) is 19.1 Å². The third-order valence-corrected chi connectivity index (χ3v) is 3.72. The van der Waals surface area contributed by atoms with E-state index in [-0.39, 0.29) is 25.0 Å². The average molecular weight is 367 g/mol. The minimum absolute atomic E-state index is 0.102. The Balaban J connectivity index is 2.60. The average Bonchev–Trinajstić information content (AvgIpc) is 2.66. The Hall–Kier alpha value is -2.28. The van der Waals surface area contributed by atoms with Crippen LogP contribution < -0.4 is 9.47 Å². The Bertz CT molecular complexity index is 545. The number of hydrogen-bond donors (Lipinski definition) is 0. The van der Waals surface area contributed by atoms with E-state index < -0.39 is 5.92 Å². The van der Waals surface area contributed by atoms with Gasteiger partial charge in [-0.05, 0) is 37.6 Å². The molecule has 7 heteroatoms. The maximum absolute atomic E-state index is 12.5. The van der Waals surface area contributed by atoms with Gasteiger partial charge in [0.25, 0.3) is 5.91 Å². The van der Waals surface area contributed by atoms with Gasteiger partial charge in [0.15, 0.2) is 6.61 Å². The highest BCUT2D eigenvalue weighted by molar-refractivity contribution is 5.79. The minimum atomic E-state index is -0.406. The van der Waals surface area contributed by atoms with Crippen LogP contribution in [0.5, 0.6) is 11.5 Å². The van der Waals surface area contributed by atoms with E-state index in [1.165, 1.54) is 7.11 Å². The molecule has 0 aliphatic heterocycles. The zero-order valence-electron chi connectivity index (χ0n) is 16.0. The quantitative estimate of drug-likeness (QED) is 0.416. The van der Waals surface area contributed by atoms with Gasteiger partial charge in [0, 0.05) is 26.8 Å². The minimum Gasteiger partial charge on any atom is -0.494 e. The van der Waals surface area contributed by atoms with Crippen LogP contribution in [0, 0.1) is 5.92 Å². The van der Waals surface area contributed by atoms with E-state index in [0.717, 1.165) is 5.75 Å². The summed E-state index contributed by atoms with van der Waals surface area (Å²) in [6.07, 6.45) is 0.680. The first-order valence-corrected chi connectivity index (χ1v) is 8.72. The Morgan fingerprint density at radius 3 is 2.23 bits per heavy atom. The Morgan fingerprint density at radius 1 is 1.08 bits per heavy atom. The Kier molecular flexibility index (Phi) is 10.2. The SMILES string of the molecule is CCOc1ccc(OCC(=O)N(CCCOC)CC(C)C(=O)OC)cc1. The van der Waals surface area contributed by atoms with E-state index in [4.69, 9.17) is 18.9 Å². The zero-order chi connectivity index (χ0) is 19.4. The van der Waals surface area contributed by atoms with Crippen molar-refractivity contribution in [3.8, 4) is 11.5 Å². The number of amides is 1. The molecule has 0 saturated carbocycles. The molecular weight excluding hydrogens is 338 g/mol. The van der Waals surface area contributed by atoms with Gasteiger partial charge in [-0.25, -0.2) is 0 Å². The maximum Gasteiger partial charge on any atom is 0.310 e. The molecule has 0 radical (unpaired) electrons. The molecular formula is C19H29NO6. The molecule has 1 rings (SSSR count). The number of carbonyl (C=O) groups excluding carboxylic acids is 2. The monoisotopic (exact) mass is 367 g/mol. The van der Waals surface area contributed by atoms with Crippen LogP contribution in [0.15, 0.2) is 24.3 Å². The molecule has 0 saturated heterocycles. The fraction of sp³-hybridized carbons (Fsp3) is 0.579. The van der Waals surface area contributed by atoms with Crippen molar-refractivity contribution < 1.29 is 28.5 Å². The van der Waals surface area contributed by atoms with Gasteiger partial charge in [0.1, 0.15) is 11.5 Å². The summed E-state index contributed by atoms with van der Waals surface area (Å²) < 4.78 is 20.7. The van der Waals surface area contributed by atoms with Crippen molar-refractivity contribution in [2.24, 2.45) is 5.92 Å². The van der Waals surface area contributed by atoms with E-state index in [2.05, 4.69) is 0 Å². The van der Waals surface area contributed by atoms with Crippen molar-refractivity contribution in [3.63, 3.8) is 0 Å². The molecule has 7 nitrogen and oxygen atoms in total. The lowest BCUT2D eigenvalue weighted by Crippen LogP contribution is -2.40. The number of rotatable bonds is 12. The molecule has 26 heavy (non-hydrogen) atoms. The van der Waals surface area contributed by atoms with Gasteiger partial charge < -0.3 is 23.8 Å². The number of ether oxygens (including phenoxy) is 4. The summed E-state index contributed by atoms with van der Waals surface area (Å²) >= 11 is 0. The van der Waals surface area contributed by atoms with Crippen molar-refractivity contribution in [2.45, 2.75) is 20.3 Å². The first-order chi connectivity index (χ1) is 12.5. The molecule has 1 atom stereocenters. The predicted octanol–water partition coefficient (Wildman–Crippen LogP) is 2.14. The molecule has 0 aliphatic rings. The first kappa shape index (κ1) is 21.8. The van der Waals surface area contributed by atoms with Gasteiger partial charge in [-0.3, -0.25) is 9.59 Å². The summed E-state index contributed by atoms with van der Waals surface area (Å²) in [5.74, 6) is 0.392. The normalized spacial score (nSPS) is 11.5. The van der Waals surface area contributed by atoms with Crippen LogP contribution in [0.1, 0.15) is 20.3 Å². The molecule has 146 valence electrons. The highest BCUT2D eigenvalue weighted by Gasteiger charge is 2.21. The molecule has 1 aromatic carbocycles. The number of nitrogens with zero attached hydrogens (tertiary/aromatic N) is 1. The summed E-state index contributed by atoms with van der Waals surface area (Å²) in [6.45, 7) is 5.44. The summed E-state index contributed by atoms with van der Waals surface area (Å²) in [5.41, 5.74) is 0. The number of esters is 1. The Labute approximate surface area is 155 Å². The topological polar surface area (TPSA) is 74.3 Å². The number of methoxy groups -OCH3 is 2. The van der Waals surface area contributed by atoms with Crippen LogP contribution in [0.2, 0.25) is 0 Å². The molecule has 1 aromatic rings. The van der Waals surface area contributed by atoms with Crippen LogP contribution in [0.3, 0.4) is 0 Å². The van der Waals surface area contributed by atoms with Crippen LogP contribution in [0.25, 0.3) is 0 Å². The van der Waals surface area contributed by atoms with Crippen molar-refractivity contribution >= 4 is 11.9 Å². The van der Waals surface area contributed by atoms with Gasteiger partial charge in [0.05, 0.1) is 19.6 Å². The van der Waals surface area contributed by atoms with Crippen molar-refractivity contribution in [2.75, 3.05) is 47.1 Å². The second-order valence-corrected chi connectivity index (χ2v) is 5.80. The smallest absolute Gasteiger partial charge is 0.310 e. The third-order valence-electron chi connectivity index (χ3n) is 3.72. The molecule has 0 heterocycles. The van der Waals surface area contributed by atoms with Crippen LogP contribution in [-0.4, -0.2) is 63.9 Å². The zero-order valence-corrected chi connectivity index (χ0v) is 16.0.